The summed E-state index contributed by atoms with van der Waals surface area (Å²) >= 11 is 0.996. The zero-order valence-electron chi connectivity index (χ0n) is 23.0. The van der Waals surface area contributed by atoms with E-state index >= 15 is 0 Å². The fourth-order valence-corrected chi connectivity index (χ4v) is 6.78. The Morgan fingerprint density at radius 2 is 1.79 bits per heavy atom. The number of nitriles is 1. The van der Waals surface area contributed by atoms with E-state index in [0.717, 1.165) is 16.9 Å². The number of carboxylic acids is 1. The second-order valence-corrected chi connectivity index (χ2v) is 11.3. The topological polar surface area (TPSA) is 175 Å². The maximum Gasteiger partial charge on any atom is 0.346 e. The number of aromatic carboxylic acids is 1. The molecule has 7 N–H and O–H groups in total. The fraction of sp³-hybridized carbons (Fsp3) is 0.121. The number of carbonyl (C=O) groups excluding carboxylic acids is 1. The Balaban J connectivity index is 1.31. The molecule has 0 fully saturated rings. The summed E-state index contributed by atoms with van der Waals surface area (Å²) in [6, 6.07) is 23.9. The van der Waals surface area contributed by atoms with E-state index in [1.54, 1.807) is 48.5 Å². The highest BCUT2D eigenvalue weighted by atomic mass is 32.1. The van der Waals surface area contributed by atoms with Gasteiger partial charge in [0.25, 0.3) is 0 Å². The molecule has 0 aliphatic heterocycles. The van der Waals surface area contributed by atoms with E-state index in [4.69, 9.17) is 26.7 Å². The monoisotopic (exact) mass is 590 g/mol. The summed E-state index contributed by atoms with van der Waals surface area (Å²) in [5, 5.41) is 19.6. The standard InChI is InChI=1S/C33H26N4O5S/c1-17-13-21(42-20-7-4-5-18(14-20)16-41-25-8-3-2-6-19(25)15-34)9-10-22(17)33(37)23-11-12-24(35)29-26(23)27(28(36)31(33)38)30(43-29)32(39)40/h2-14,28H,16,35-37H2,1H3,(H,39,40). The molecule has 9 nitrogen and oxygen atoms in total. The molecule has 1 aliphatic carbocycles. The van der Waals surface area contributed by atoms with Gasteiger partial charge in [-0.2, -0.15) is 5.26 Å². The van der Waals surface area contributed by atoms with Gasteiger partial charge in [0, 0.05) is 16.6 Å². The molecule has 214 valence electrons. The second-order valence-electron chi connectivity index (χ2n) is 10.3. The number of nitrogens with zero attached hydrogens (tertiary/aromatic N) is 1. The first-order valence-corrected chi connectivity index (χ1v) is 14.1. The van der Waals surface area contributed by atoms with E-state index in [-0.39, 0.29) is 17.0 Å². The van der Waals surface area contributed by atoms with Crippen molar-refractivity contribution in [2.75, 3.05) is 5.73 Å². The average molecular weight is 591 g/mol. The lowest BCUT2D eigenvalue weighted by Gasteiger charge is -2.37. The molecule has 1 heterocycles. The van der Waals surface area contributed by atoms with Crippen molar-refractivity contribution < 1.29 is 24.2 Å². The van der Waals surface area contributed by atoms with E-state index in [1.165, 1.54) is 0 Å². The third-order valence-corrected chi connectivity index (χ3v) is 8.91. The van der Waals surface area contributed by atoms with E-state index in [9.17, 15) is 20.0 Å². The number of carbonyl (C=O) groups is 2. The number of rotatable bonds is 7. The summed E-state index contributed by atoms with van der Waals surface area (Å²) in [7, 11) is 0. The molecule has 10 heteroatoms. The molecule has 43 heavy (non-hydrogen) atoms. The van der Waals surface area contributed by atoms with Crippen molar-refractivity contribution in [3.63, 3.8) is 0 Å². The first-order chi connectivity index (χ1) is 20.6. The SMILES string of the molecule is Cc1cc(Oc2cccc(COc3ccccc3C#N)c2)ccc1C1(N)C(=O)C(N)c2c(C(=O)O)sc3c(N)ccc1c23. The molecule has 0 radical (unpaired) electrons. The summed E-state index contributed by atoms with van der Waals surface area (Å²) in [5.74, 6) is -0.0760. The van der Waals surface area contributed by atoms with Crippen LogP contribution in [0.15, 0.2) is 78.9 Å². The molecular formula is C33H26N4O5S. The van der Waals surface area contributed by atoms with Crippen molar-refractivity contribution in [1.29, 1.82) is 5.26 Å². The second kappa shape index (κ2) is 10.6. The average Bonchev–Trinajstić information content (AvgIpc) is 3.41. The van der Waals surface area contributed by atoms with Crippen molar-refractivity contribution >= 4 is 38.9 Å². The van der Waals surface area contributed by atoms with Crippen molar-refractivity contribution in [2.45, 2.75) is 25.1 Å². The number of ether oxygens (including phenoxy) is 2. The van der Waals surface area contributed by atoms with E-state index < -0.39 is 23.3 Å². The van der Waals surface area contributed by atoms with Crippen LogP contribution in [0.2, 0.25) is 0 Å². The van der Waals surface area contributed by atoms with Crippen molar-refractivity contribution in [3.8, 4) is 23.3 Å². The maximum atomic E-state index is 13.8. The highest BCUT2D eigenvalue weighted by molar-refractivity contribution is 7.21. The molecule has 0 saturated heterocycles. The van der Waals surface area contributed by atoms with Gasteiger partial charge in [0.15, 0.2) is 5.78 Å². The molecular weight excluding hydrogens is 564 g/mol. The van der Waals surface area contributed by atoms with Crippen LogP contribution in [-0.2, 0) is 16.9 Å². The van der Waals surface area contributed by atoms with Gasteiger partial charge in [-0.3, -0.25) is 4.79 Å². The molecule has 5 aromatic rings. The van der Waals surface area contributed by atoms with Gasteiger partial charge in [-0.05, 0) is 71.6 Å². The lowest BCUT2D eigenvalue weighted by Crippen LogP contribution is -2.52. The third-order valence-electron chi connectivity index (χ3n) is 7.67. The van der Waals surface area contributed by atoms with E-state index in [0.29, 0.717) is 55.3 Å². The number of carboxylic acid groups (broad SMARTS) is 1. The lowest BCUT2D eigenvalue weighted by atomic mass is 9.69. The fourth-order valence-electron chi connectivity index (χ4n) is 5.64. The minimum atomic E-state index is -1.63. The molecule has 2 atom stereocenters. The van der Waals surface area contributed by atoms with Crippen LogP contribution in [0.5, 0.6) is 17.2 Å². The Kier molecular flexibility index (Phi) is 6.86. The molecule has 1 aromatic heterocycles. The predicted molar refractivity (Wildman–Crippen MR) is 163 cm³/mol. The van der Waals surface area contributed by atoms with E-state index in [1.807, 2.05) is 37.3 Å². The molecule has 2 unspecified atom stereocenters. The maximum absolute atomic E-state index is 13.8. The molecule has 6 rings (SSSR count). The Labute approximate surface area is 250 Å². The highest BCUT2D eigenvalue weighted by Gasteiger charge is 2.49. The summed E-state index contributed by atoms with van der Waals surface area (Å²) < 4.78 is 12.5. The largest absolute Gasteiger partial charge is 0.488 e. The van der Waals surface area contributed by atoms with Crippen molar-refractivity contribution in [2.24, 2.45) is 11.5 Å². The Morgan fingerprint density at radius 1 is 1.05 bits per heavy atom. The van der Waals surface area contributed by atoms with E-state index in [2.05, 4.69) is 6.07 Å². The van der Waals surface area contributed by atoms with Gasteiger partial charge < -0.3 is 31.8 Å². The summed E-state index contributed by atoms with van der Waals surface area (Å²) in [5.41, 5.74) is 21.5. The smallest absolute Gasteiger partial charge is 0.346 e. The van der Waals surface area contributed by atoms with Crippen LogP contribution in [0.1, 0.15) is 49.1 Å². The Morgan fingerprint density at radius 3 is 2.53 bits per heavy atom. The third kappa shape index (κ3) is 4.56. The molecule has 1 aliphatic rings. The number of hydrogen-bond acceptors (Lipinski definition) is 9. The number of aryl methyl sites for hydroxylation is 1. The zero-order valence-corrected chi connectivity index (χ0v) is 23.8. The van der Waals surface area contributed by atoms with Gasteiger partial charge >= 0.3 is 5.97 Å². The van der Waals surface area contributed by atoms with Crippen LogP contribution < -0.4 is 26.7 Å². The van der Waals surface area contributed by atoms with Crippen LogP contribution in [-0.4, -0.2) is 16.9 Å². The lowest BCUT2D eigenvalue weighted by molar-refractivity contribution is -0.124. The van der Waals surface area contributed by atoms with Crippen LogP contribution in [0.3, 0.4) is 0 Å². The minimum Gasteiger partial charge on any atom is -0.488 e. The molecule has 0 bridgehead atoms. The van der Waals surface area contributed by atoms with Crippen LogP contribution >= 0.6 is 11.3 Å². The number of anilines is 1. The minimum absolute atomic E-state index is 0.0144. The summed E-state index contributed by atoms with van der Waals surface area (Å²) in [6.07, 6.45) is 0. The van der Waals surface area contributed by atoms with Crippen LogP contribution in [0, 0.1) is 18.3 Å². The van der Waals surface area contributed by atoms with Gasteiger partial charge in [-0.15, -0.1) is 11.3 Å². The van der Waals surface area contributed by atoms with Crippen molar-refractivity contribution in [3.05, 3.63) is 117 Å². The quantitative estimate of drug-likeness (QED) is 0.178. The van der Waals surface area contributed by atoms with Gasteiger partial charge in [-0.1, -0.05) is 36.4 Å². The Bertz CT molecular complexity index is 2000. The highest BCUT2D eigenvalue weighted by Crippen LogP contribution is 2.50. The van der Waals surface area contributed by atoms with Gasteiger partial charge in [0.2, 0.25) is 0 Å². The molecule has 0 spiro atoms. The number of hydrogen-bond donors (Lipinski definition) is 4. The van der Waals surface area contributed by atoms with Gasteiger partial charge in [0.05, 0.1) is 16.3 Å². The van der Waals surface area contributed by atoms with Crippen LogP contribution in [0.25, 0.3) is 10.1 Å². The van der Waals surface area contributed by atoms with Crippen LogP contribution in [0.4, 0.5) is 5.69 Å². The van der Waals surface area contributed by atoms with Crippen molar-refractivity contribution in [1.82, 2.24) is 0 Å². The van der Waals surface area contributed by atoms with Gasteiger partial charge in [-0.25, -0.2) is 4.79 Å². The number of Topliss-reactive ketones (excluding diaryl/α,β-unsaturated/α-hetero) is 1. The first-order valence-electron chi connectivity index (χ1n) is 13.3. The number of benzene rings is 4. The molecule has 4 aromatic carbocycles. The normalized spacial score (nSPS) is 17.4. The first kappa shape index (κ1) is 27.9. The van der Waals surface area contributed by atoms with Gasteiger partial charge in [0.1, 0.15) is 40.3 Å². The number of ketones is 1. The molecule has 0 amide bonds. The number of nitrogen functional groups attached to an aromatic ring is 1. The zero-order chi connectivity index (χ0) is 30.5. The summed E-state index contributed by atoms with van der Waals surface area (Å²) in [6.45, 7) is 2.07. The molecule has 0 saturated carbocycles. The number of thiophene rings is 1. The summed E-state index contributed by atoms with van der Waals surface area (Å²) in [4.78, 5) is 25.8. The number of nitrogens with two attached hydrogens (primary N) is 3. The predicted octanol–water partition coefficient (Wildman–Crippen LogP) is 5.52. The number of para-hydroxylation sites is 1. The Hall–Kier alpha value is -5.21.